The highest BCUT2D eigenvalue weighted by Gasteiger charge is 2.36. The van der Waals surface area contributed by atoms with Crippen molar-refractivity contribution in [3.63, 3.8) is 0 Å². The van der Waals surface area contributed by atoms with Crippen molar-refractivity contribution in [1.82, 2.24) is 0 Å². The van der Waals surface area contributed by atoms with Crippen LogP contribution in [0.2, 0.25) is 0 Å². The number of hydrogen-bond donors (Lipinski definition) is 0. The number of nitro groups is 1. The Kier molecular flexibility index (Phi) is 3.41. The summed E-state index contributed by atoms with van der Waals surface area (Å²) in [4.78, 5) is 9.57. The molecule has 0 heterocycles. The molecule has 16 heavy (non-hydrogen) atoms. The topological polar surface area (TPSA) is 52.4 Å². The maximum Gasteiger partial charge on any atom is 0.573 e. The summed E-state index contributed by atoms with van der Waals surface area (Å²) in [5.41, 5.74) is -0.334. The first kappa shape index (κ1) is 12.8. The van der Waals surface area contributed by atoms with Crippen molar-refractivity contribution in [3.05, 3.63) is 32.3 Å². The summed E-state index contributed by atoms with van der Waals surface area (Å²) in [5.74, 6) is -0.836. The molecule has 8 heteroatoms. The molecule has 0 fully saturated rings. The van der Waals surface area contributed by atoms with Crippen LogP contribution >= 0.6 is 15.9 Å². The van der Waals surface area contributed by atoms with E-state index >= 15 is 0 Å². The van der Waals surface area contributed by atoms with Gasteiger partial charge in [-0.15, -0.1) is 13.2 Å². The molecule has 0 aliphatic heterocycles. The van der Waals surface area contributed by atoms with Crippen molar-refractivity contribution in [2.75, 3.05) is 0 Å². The highest BCUT2D eigenvalue weighted by Crippen LogP contribution is 2.40. The summed E-state index contributed by atoms with van der Waals surface area (Å²) < 4.78 is 39.6. The van der Waals surface area contributed by atoms with E-state index in [1.54, 1.807) is 0 Å². The van der Waals surface area contributed by atoms with Gasteiger partial charge in [0.15, 0.2) is 0 Å². The molecule has 0 amide bonds. The Morgan fingerprint density at radius 3 is 2.44 bits per heavy atom. The molecule has 0 unspecified atom stereocenters. The second-order valence-electron chi connectivity index (χ2n) is 2.85. The number of aryl methyl sites for hydroxylation is 1. The summed E-state index contributed by atoms with van der Waals surface area (Å²) in [6, 6.07) is 2.28. The largest absolute Gasteiger partial charge is 0.573 e. The Hall–Kier alpha value is -1.31. The molecule has 0 saturated carbocycles. The molecular weight excluding hydrogens is 295 g/mol. The molecule has 4 nitrogen and oxygen atoms in total. The number of hydrogen-bond acceptors (Lipinski definition) is 3. The number of benzene rings is 1. The Balaban J connectivity index is 3.32. The fourth-order valence-electron chi connectivity index (χ4n) is 1.00. The van der Waals surface area contributed by atoms with Crippen molar-refractivity contribution in [2.45, 2.75) is 13.3 Å². The molecule has 0 N–H and O–H groups in total. The first-order valence-electron chi connectivity index (χ1n) is 3.91. The van der Waals surface area contributed by atoms with Gasteiger partial charge in [-0.2, -0.15) is 0 Å². The molecule has 1 aromatic carbocycles. The Labute approximate surface area is 96.3 Å². The summed E-state index contributed by atoms with van der Waals surface area (Å²) in [7, 11) is 0. The molecule has 0 aliphatic carbocycles. The average molecular weight is 300 g/mol. The van der Waals surface area contributed by atoms with Crippen molar-refractivity contribution >= 4 is 21.6 Å². The van der Waals surface area contributed by atoms with Crippen LogP contribution in [0.4, 0.5) is 18.9 Å². The van der Waals surface area contributed by atoms with Crippen LogP contribution in [0.3, 0.4) is 0 Å². The average Bonchev–Trinajstić information content (AvgIpc) is 2.10. The number of rotatable bonds is 2. The van der Waals surface area contributed by atoms with Gasteiger partial charge in [-0.3, -0.25) is 10.1 Å². The summed E-state index contributed by atoms with van der Waals surface area (Å²) in [6.07, 6.45) is -4.97. The molecule has 0 aromatic heterocycles. The van der Waals surface area contributed by atoms with Crippen molar-refractivity contribution in [1.29, 1.82) is 0 Å². The Bertz CT molecular complexity index is 433. The lowest BCUT2D eigenvalue weighted by molar-refractivity contribution is -0.388. The number of halogens is 4. The lowest BCUT2D eigenvalue weighted by Crippen LogP contribution is -2.18. The van der Waals surface area contributed by atoms with Gasteiger partial charge in [-0.05, 0) is 28.4 Å². The number of nitrogens with zero attached hydrogens (tertiary/aromatic N) is 1. The molecule has 0 bridgehead atoms. The quantitative estimate of drug-likeness (QED) is 0.620. The van der Waals surface area contributed by atoms with E-state index < -0.39 is 22.7 Å². The van der Waals surface area contributed by atoms with Crippen LogP contribution in [0.15, 0.2) is 16.6 Å². The van der Waals surface area contributed by atoms with E-state index in [1.165, 1.54) is 13.0 Å². The fourth-order valence-corrected chi connectivity index (χ4v) is 1.42. The van der Waals surface area contributed by atoms with Gasteiger partial charge in [-0.25, -0.2) is 0 Å². The monoisotopic (exact) mass is 299 g/mol. The van der Waals surface area contributed by atoms with Crippen LogP contribution in [0.5, 0.6) is 5.75 Å². The van der Waals surface area contributed by atoms with Gasteiger partial charge in [-0.1, -0.05) is 6.07 Å². The number of nitro benzene ring substituents is 1. The van der Waals surface area contributed by atoms with Crippen LogP contribution in [0, 0.1) is 17.0 Å². The smallest absolute Gasteiger partial charge is 0.397 e. The SMILES string of the molecule is Cc1ccc([N+](=O)[O-])c(OC(F)(F)F)c1Br. The van der Waals surface area contributed by atoms with Gasteiger partial charge in [0.2, 0.25) is 5.75 Å². The highest BCUT2D eigenvalue weighted by atomic mass is 79.9. The Morgan fingerprint density at radius 2 is 2.00 bits per heavy atom. The van der Waals surface area contributed by atoms with Crippen molar-refractivity contribution in [3.8, 4) is 5.75 Å². The molecule has 0 saturated heterocycles. The molecule has 88 valence electrons. The molecule has 0 atom stereocenters. The minimum atomic E-state index is -4.97. The van der Waals surface area contributed by atoms with Crippen LogP contribution in [0.25, 0.3) is 0 Å². The summed E-state index contributed by atoms with van der Waals surface area (Å²) in [6.45, 7) is 1.50. The highest BCUT2D eigenvalue weighted by molar-refractivity contribution is 9.10. The normalized spacial score (nSPS) is 11.3. The number of ether oxygens (including phenoxy) is 1. The molecule has 0 spiro atoms. The van der Waals surface area contributed by atoms with Crippen molar-refractivity contribution < 1.29 is 22.8 Å². The van der Waals surface area contributed by atoms with Gasteiger partial charge >= 0.3 is 12.0 Å². The van der Waals surface area contributed by atoms with Crippen LogP contribution < -0.4 is 4.74 Å². The van der Waals surface area contributed by atoms with Gasteiger partial charge in [0.25, 0.3) is 0 Å². The second-order valence-corrected chi connectivity index (χ2v) is 3.64. The maximum atomic E-state index is 12.0. The predicted molar refractivity (Wildman–Crippen MR) is 52.2 cm³/mol. The number of alkyl halides is 3. The molecule has 1 rings (SSSR count). The maximum absolute atomic E-state index is 12.0. The van der Waals surface area contributed by atoms with Crippen molar-refractivity contribution in [2.24, 2.45) is 0 Å². The van der Waals surface area contributed by atoms with Crippen LogP contribution in [0.1, 0.15) is 5.56 Å². The van der Waals surface area contributed by atoms with E-state index in [2.05, 4.69) is 20.7 Å². The first-order valence-corrected chi connectivity index (χ1v) is 4.71. The van der Waals surface area contributed by atoms with Gasteiger partial charge in [0, 0.05) is 6.07 Å². The lowest BCUT2D eigenvalue weighted by atomic mass is 10.2. The molecular formula is C8H5BrF3NO3. The van der Waals surface area contributed by atoms with E-state index in [-0.39, 0.29) is 4.47 Å². The first-order chi connectivity index (χ1) is 7.22. The van der Waals surface area contributed by atoms with Gasteiger partial charge in [0.05, 0.1) is 9.40 Å². The standard InChI is InChI=1S/C8H5BrF3NO3/c1-4-2-3-5(13(14)15)7(6(4)9)16-8(10,11)12/h2-3H,1H3. The second kappa shape index (κ2) is 4.28. The minimum Gasteiger partial charge on any atom is -0.397 e. The molecule has 0 aliphatic rings. The minimum absolute atomic E-state index is 0.0842. The van der Waals surface area contributed by atoms with E-state index in [9.17, 15) is 23.3 Å². The van der Waals surface area contributed by atoms with E-state index in [0.29, 0.717) is 5.56 Å². The summed E-state index contributed by atoms with van der Waals surface area (Å²) >= 11 is 2.82. The van der Waals surface area contributed by atoms with E-state index in [4.69, 9.17) is 0 Å². The van der Waals surface area contributed by atoms with Gasteiger partial charge in [0.1, 0.15) is 0 Å². The third-order valence-electron chi connectivity index (χ3n) is 1.68. The third-order valence-corrected chi connectivity index (χ3v) is 2.67. The van der Waals surface area contributed by atoms with Crippen LogP contribution in [-0.4, -0.2) is 11.3 Å². The predicted octanol–water partition coefficient (Wildman–Crippen LogP) is 3.56. The lowest BCUT2D eigenvalue weighted by Gasteiger charge is -2.11. The molecule has 0 radical (unpaired) electrons. The van der Waals surface area contributed by atoms with E-state index in [1.807, 2.05) is 0 Å². The third kappa shape index (κ3) is 2.84. The van der Waals surface area contributed by atoms with E-state index in [0.717, 1.165) is 6.07 Å². The zero-order valence-electron chi connectivity index (χ0n) is 7.84. The zero-order valence-corrected chi connectivity index (χ0v) is 9.42. The summed E-state index contributed by atoms with van der Waals surface area (Å²) in [5, 5.41) is 10.5. The zero-order chi connectivity index (χ0) is 12.5. The van der Waals surface area contributed by atoms with Crippen LogP contribution in [-0.2, 0) is 0 Å². The Morgan fingerprint density at radius 1 is 1.44 bits per heavy atom. The van der Waals surface area contributed by atoms with Gasteiger partial charge < -0.3 is 4.74 Å². The fraction of sp³-hybridized carbons (Fsp3) is 0.250. The molecule has 1 aromatic rings.